The van der Waals surface area contributed by atoms with Crippen molar-refractivity contribution in [1.82, 2.24) is 29.2 Å². The number of carbonyl (C=O) groups excluding carboxylic acids is 1. The van der Waals surface area contributed by atoms with Gasteiger partial charge in [-0.25, -0.2) is 9.97 Å². The van der Waals surface area contributed by atoms with Gasteiger partial charge in [-0.3, -0.25) is 14.1 Å². The van der Waals surface area contributed by atoms with Crippen molar-refractivity contribution in [3.63, 3.8) is 0 Å². The Kier molecular flexibility index (Phi) is 7.48. The van der Waals surface area contributed by atoms with E-state index in [2.05, 4.69) is 24.8 Å². The maximum Gasteiger partial charge on any atom is 0.387 e. The fraction of sp³-hybridized carbons (Fsp3) is 0.414. The van der Waals surface area contributed by atoms with Crippen LogP contribution in [0, 0.1) is 0 Å². The molecule has 0 unspecified atom stereocenters. The number of methoxy groups -OCH3 is 1. The summed E-state index contributed by atoms with van der Waals surface area (Å²) in [6, 6.07) is 6.75. The Bertz CT molecular complexity index is 1560. The molecule has 12 heteroatoms. The third-order valence-electron chi connectivity index (χ3n) is 7.49. The zero-order chi connectivity index (χ0) is 28.5. The smallest absolute Gasteiger partial charge is 0.387 e. The van der Waals surface area contributed by atoms with E-state index < -0.39 is 12.5 Å². The summed E-state index contributed by atoms with van der Waals surface area (Å²) >= 11 is 0. The number of fused-ring (bicyclic) bond motifs is 2. The highest BCUT2D eigenvalue weighted by Gasteiger charge is 2.29. The molecule has 4 heterocycles. The maximum absolute atomic E-state index is 13.3. The van der Waals surface area contributed by atoms with Gasteiger partial charge in [-0.1, -0.05) is 0 Å². The van der Waals surface area contributed by atoms with E-state index in [-0.39, 0.29) is 23.1 Å². The fourth-order valence-corrected chi connectivity index (χ4v) is 5.24. The lowest BCUT2D eigenvalue weighted by Crippen LogP contribution is -2.32. The first-order valence-corrected chi connectivity index (χ1v) is 13.7. The minimum absolute atomic E-state index is 0.0426. The molecule has 1 aromatic carbocycles. The molecule has 1 N–H and O–H groups in total. The number of imidazole rings is 2. The number of nitrogens with zero attached hydrogens (tertiary/aromatic N) is 5. The first-order valence-electron chi connectivity index (χ1n) is 13.7. The molecule has 0 bridgehead atoms. The van der Waals surface area contributed by atoms with Gasteiger partial charge < -0.3 is 24.1 Å². The van der Waals surface area contributed by atoms with Crippen molar-refractivity contribution in [3.05, 3.63) is 59.9 Å². The van der Waals surface area contributed by atoms with E-state index >= 15 is 0 Å². The largest absolute Gasteiger partial charge is 0.496 e. The average molecular weight is 567 g/mol. The average Bonchev–Trinajstić information content (AvgIpc) is 3.55. The van der Waals surface area contributed by atoms with Gasteiger partial charge in [0.15, 0.2) is 0 Å². The molecule has 0 saturated heterocycles. The van der Waals surface area contributed by atoms with Crippen LogP contribution in [0.15, 0.2) is 43.0 Å². The number of hydrogen-bond acceptors (Lipinski definition) is 7. The van der Waals surface area contributed by atoms with Crippen LogP contribution in [0.5, 0.6) is 17.2 Å². The molecule has 0 spiro atoms. The number of ether oxygens (including phenoxy) is 3. The van der Waals surface area contributed by atoms with Crippen LogP contribution in [0.3, 0.4) is 0 Å². The van der Waals surface area contributed by atoms with E-state index in [1.165, 1.54) is 18.9 Å². The number of amides is 1. The van der Waals surface area contributed by atoms with Crippen LogP contribution in [-0.2, 0) is 20.0 Å². The van der Waals surface area contributed by atoms with Gasteiger partial charge >= 0.3 is 6.61 Å². The molecule has 0 atom stereocenters. The Balaban J connectivity index is 1.15. The van der Waals surface area contributed by atoms with E-state index in [4.69, 9.17) is 14.2 Å². The van der Waals surface area contributed by atoms with E-state index in [9.17, 15) is 13.6 Å². The molecule has 2 aliphatic rings. The Hall–Kier alpha value is -4.19. The molecule has 1 amide bonds. The summed E-state index contributed by atoms with van der Waals surface area (Å²) < 4.78 is 46.7. The van der Waals surface area contributed by atoms with Crippen molar-refractivity contribution in [3.8, 4) is 28.5 Å². The van der Waals surface area contributed by atoms with Crippen molar-refractivity contribution < 1.29 is 27.8 Å². The van der Waals surface area contributed by atoms with Crippen LogP contribution in [0.2, 0.25) is 0 Å². The van der Waals surface area contributed by atoms with Crippen molar-refractivity contribution in [2.45, 2.75) is 44.9 Å². The lowest BCUT2D eigenvalue weighted by atomic mass is 10.1. The quantitative estimate of drug-likeness (QED) is 0.274. The number of aryl methyl sites for hydroxylation is 1. The molecule has 216 valence electrons. The fourth-order valence-electron chi connectivity index (χ4n) is 5.24. The standard InChI is InChI=1S/C29H32F2N6O4/c1-35-17-33-21-16-36(9-7-22(21)35)8-3-11-40-20-6-10-37-23(15-32-26(37)14-20)18-12-24(39-2)27(25(13-18)41-29(30)31)28(38)34-19-4-5-19/h6,10,12-15,17,19,29H,3-5,7-9,11,16H2,1-2H3,(H,34,38). The predicted molar refractivity (Wildman–Crippen MR) is 147 cm³/mol. The van der Waals surface area contributed by atoms with Crippen LogP contribution in [0.4, 0.5) is 8.78 Å². The molecule has 3 aromatic heterocycles. The van der Waals surface area contributed by atoms with Gasteiger partial charge in [0.25, 0.3) is 5.91 Å². The molecule has 1 fully saturated rings. The highest BCUT2D eigenvalue weighted by Crippen LogP contribution is 2.37. The first-order chi connectivity index (χ1) is 19.9. The summed E-state index contributed by atoms with van der Waals surface area (Å²) in [5.41, 5.74) is 4.18. The lowest BCUT2D eigenvalue weighted by molar-refractivity contribution is -0.0502. The van der Waals surface area contributed by atoms with Crippen LogP contribution in [-0.4, -0.2) is 69.2 Å². The summed E-state index contributed by atoms with van der Waals surface area (Å²) in [7, 11) is 3.43. The molecule has 1 saturated carbocycles. The zero-order valence-electron chi connectivity index (χ0n) is 23.0. The second-order valence-corrected chi connectivity index (χ2v) is 10.4. The van der Waals surface area contributed by atoms with Crippen LogP contribution in [0.1, 0.15) is 41.0 Å². The number of hydrogen-bond donors (Lipinski definition) is 1. The second kappa shape index (κ2) is 11.4. The second-order valence-electron chi connectivity index (χ2n) is 10.4. The molecule has 41 heavy (non-hydrogen) atoms. The molecule has 4 aromatic rings. The van der Waals surface area contributed by atoms with Crippen molar-refractivity contribution >= 4 is 11.6 Å². The van der Waals surface area contributed by atoms with Crippen LogP contribution >= 0.6 is 0 Å². The third kappa shape index (κ3) is 5.83. The summed E-state index contributed by atoms with van der Waals surface area (Å²) in [5, 5.41) is 2.81. The number of pyridine rings is 1. The van der Waals surface area contributed by atoms with Crippen LogP contribution < -0.4 is 19.5 Å². The van der Waals surface area contributed by atoms with Crippen molar-refractivity contribution in [2.75, 3.05) is 26.8 Å². The van der Waals surface area contributed by atoms with Gasteiger partial charge in [-0.15, -0.1) is 0 Å². The summed E-state index contributed by atoms with van der Waals surface area (Å²) in [5.74, 6) is 0.0644. The molecule has 0 radical (unpaired) electrons. The van der Waals surface area contributed by atoms with Crippen molar-refractivity contribution in [1.29, 1.82) is 0 Å². The highest BCUT2D eigenvalue weighted by atomic mass is 19.3. The molecule has 10 nitrogen and oxygen atoms in total. The number of nitrogens with one attached hydrogen (secondary N) is 1. The number of aromatic nitrogens is 4. The molecular weight excluding hydrogens is 534 g/mol. The van der Waals surface area contributed by atoms with Gasteiger partial charge in [0.2, 0.25) is 0 Å². The van der Waals surface area contributed by atoms with Gasteiger partial charge in [-0.2, -0.15) is 8.78 Å². The van der Waals surface area contributed by atoms with E-state index in [0.29, 0.717) is 29.3 Å². The zero-order valence-corrected chi connectivity index (χ0v) is 23.0. The van der Waals surface area contributed by atoms with Crippen molar-refractivity contribution in [2.24, 2.45) is 7.05 Å². The molecule has 6 rings (SSSR count). The van der Waals surface area contributed by atoms with Crippen LogP contribution in [0.25, 0.3) is 16.9 Å². The number of halogens is 2. The summed E-state index contributed by atoms with van der Waals surface area (Å²) in [6.07, 6.45) is 8.92. The Morgan fingerprint density at radius 1 is 1.20 bits per heavy atom. The van der Waals surface area contributed by atoms with E-state index in [1.807, 2.05) is 36.1 Å². The number of rotatable bonds is 11. The topological polar surface area (TPSA) is 95.2 Å². The van der Waals surface area contributed by atoms with Gasteiger partial charge in [0.05, 0.1) is 37.6 Å². The minimum atomic E-state index is -3.10. The number of alkyl halides is 2. The summed E-state index contributed by atoms with van der Waals surface area (Å²) in [4.78, 5) is 24.2. The molecule has 1 aliphatic heterocycles. The SMILES string of the molecule is COc1cc(-c2cnc3cc(OCCCN4CCc5c(ncn5C)C4)ccn23)cc(OC(F)F)c1C(=O)NC1CC1. The number of benzene rings is 1. The number of carbonyl (C=O) groups is 1. The summed E-state index contributed by atoms with van der Waals surface area (Å²) in [6.45, 7) is 0.249. The molecular formula is C29H32F2N6O4. The maximum atomic E-state index is 13.3. The Morgan fingerprint density at radius 2 is 2.02 bits per heavy atom. The Morgan fingerprint density at radius 3 is 2.80 bits per heavy atom. The predicted octanol–water partition coefficient (Wildman–Crippen LogP) is 4.06. The van der Waals surface area contributed by atoms with Gasteiger partial charge in [0, 0.05) is 62.7 Å². The minimum Gasteiger partial charge on any atom is -0.496 e. The first kappa shape index (κ1) is 27.0. The third-order valence-corrected chi connectivity index (χ3v) is 7.49. The Labute approximate surface area is 235 Å². The lowest BCUT2D eigenvalue weighted by Gasteiger charge is -2.26. The van der Waals surface area contributed by atoms with E-state index in [1.54, 1.807) is 12.3 Å². The normalized spacial score (nSPS) is 15.2. The van der Waals surface area contributed by atoms with Gasteiger partial charge in [-0.05, 0) is 37.5 Å². The van der Waals surface area contributed by atoms with E-state index in [0.717, 1.165) is 51.0 Å². The van der Waals surface area contributed by atoms with Gasteiger partial charge in [0.1, 0.15) is 28.5 Å². The molecule has 1 aliphatic carbocycles. The highest BCUT2D eigenvalue weighted by molar-refractivity contribution is 6.01. The monoisotopic (exact) mass is 566 g/mol.